The van der Waals surface area contributed by atoms with E-state index in [0.717, 1.165) is 0 Å². The SMILES string of the molecule is CSC(=Nc1c(Cl)cc(C(C)=O)cc1Cl)NC#N. The maximum absolute atomic E-state index is 11.2. The van der Waals surface area contributed by atoms with Gasteiger partial charge in [0.15, 0.2) is 17.1 Å². The van der Waals surface area contributed by atoms with Gasteiger partial charge in [-0.25, -0.2) is 4.99 Å². The van der Waals surface area contributed by atoms with Crippen molar-refractivity contribution in [2.45, 2.75) is 6.92 Å². The van der Waals surface area contributed by atoms with Gasteiger partial charge in [0.05, 0.1) is 10.0 Å². The fourth-order valence-electron chi connectivity index (χ4n) is 1.15. The summed E-state index contributed by atoms with van der Waals surface area (Å²) in [5.41, 5.74) is 0.748. The Kier molecular flexibility index (Phi) is 5.48. The van der Waals surface area contributed by atoms with Crippen molar-refractivity contribution >= 4 is 51.6 Å². The number of aliphatic imine (C=N–C) groups is 1. The maximum atomic E-state index is 11.2. The summed E-state index contributed by atoms with van der Waals surface area (Å²) in [6, 6.07) is 3.00. The third kappa shape index (κ3) is 3.64. The van der Waals surface area contributed by atoms with Crippen LogP contribution < -0.4 is 5.32 Å². The van der Waals surface area contributed by atoms with Crippen LogP contribution in [0.5, 0.6) is 0 Å². The molecule has 0 unspecified atom stereocenters. The summed E-state index contributed by atoms with van der Waals surface area (Å²) < 4.78 is 0. The van der Waals surface area contributed by atoms with Crippen molar-refractivity contribution in [3.05, 3.63) is 27.7 Å². The average Bonchev–Trinajstić information content (AvgIpc) is 2.31. The molecule has 0 amide bonds. The second-order valence-corrected chi connectivity index (χ2v) is 4.81. The minimum absolute atomic E-state index is 0.130. The van der Waals surface area contributed by atoms with Gasteiger partial charge >= 0.3 is 0 Å². The number of nitrogens with one attached hydrogen (secondary N) is 1. The van der Waals surface area contributed by atoms with Crippen LogP contribution in [-0.2, 0) is 0 Å². The first-order chi connectivity index (χ1) is 8.49. The Morgan fingerprint density at radius 3 is 2.39 bits per heavy atom. The first kappa shape index (κ1) is 14.8. The van der Waals surface area contributed by atoms with Gasteiger partial charge < -0.3 is 0 Å². The number of benzene rings is 1. The number of hydrogen-bond donors (Lipinski definition) is 1. The Balaban J connectivity index is 3.27. The number of carbonyl (C=O) groups is 1. The Bertz CT molecular complexity index is 529. The lowest BCUT2D eigenvalue weighted by atomic mass is 10.1. The molecule has 0 saturated carbocycles. The highest BCUT2D eigenvalue weighted by Gasteiger charge is 2.11. The normalized spacial score (nSPS) is 10.9. The third-order valence-electron chi connectivity index (χ3n) is 1.99. The van der Waals surface area contributed by atoms with E-state index in [1.165, 1.54) is 30.8 Å². The number of Topliss-reactive ketones (excluding diaryl/α,β-unsaturated/α-hetero) is 1. The molecule has 0 saturated heterocycles. The summed E-state index contributed by atoms with van der Waals surface area (Å²) in [7, 11) is 0. The van der Waals surface area contributed by atoms with Gasteiger partial charge in [-0.15, -0.1) is 0 Å². The molecule has 0 aromatic heterocycles. The van der Waals surface area contributed by atoms with E-state index < -0.39 is 0 Å². The Hall–Kier alpha value is -1.22. The molecule has 0 aliphatic carbocycles. The quantitative estimate of drug-likeness (QED) is 0.298. The van der Waals surface area contributed by atoms with Gasteiger partial charge in [-0.3, -0.25) is 10.1 Å². The summed E-state index contributed by atoms with van der Waals surface area (Å²) in [5.74, 6) is -0.130. The molecule has 0 bridgehead atoms. The lowest BCUT2D eigenvalue weighted by Gasteiger charge is -2.06. The van der Waals surface area contributed by atoms with Gasteiger partial charge in [0.1, 0.15) is 5.69 Å². The Morgan fingerprint density at radius 1 is 1.44 bits per heavy atom. The Morgan fingerprint density at radius 2 is 2.00 bits per heavy atom. The fourth-order valence-corrected chi connectivity index (χ4v) is 2.05. The molecule has 4 nitrogen and oxygen atoms in total. The molecule has 1 aromatic rings. The van der Waals surface area contributed by atoms with E-state index in [9.17, 15) is 4.79 Å². The van der Waals surface area contributed by atoms with Crippen molar-refractivity contribution in [3.8, 4) is 6.19 Å². The molecular weight excluding hydrogens is 293 g/mol. The summed E-state index contributed by atoms with van der Waals surface area (Å²) in [4.78, 5) is 15.4. The van der Waals surface area contributed by atoms with E-state index in [4.69, 9.17) is 28.5 Å². The van der Waals surface area contributed by atoms with Gasteiger partial charge in [-0.2, -0.15) is 5.26 Å². The number of hydrogen-bond acceptors (Lipinski definition) is 4. The molecule has 7 heteroatoms. The average molecular weight is 302 g/mol. The van der Waals surface area contributed by atoms with Crippen molar-refractivity contribution in [2.24, 2.45) is 4.99 Å². The van der Waals surface area contributed by atoms with Crippen LogP contribution in [0.1, 0.15) is 17.3 Å². The van der Waals surface area contributed by atoms with Crippen LogP contribution in [-0.4, -0.2) is 17.2 Å². The molecule has 1 aromatic carbocycles. The molecule has 1 N–H and O–H groups in total. The van der Waals surface area contributed by atoms with Crippen LogP contribution in [0.4, 0.5) is 5.69 Å². The number of thioether (sulfide) groups is 1. The number of halogens is 2. The second kappa shape index (κ2) is 6.64. The standard InChI is InChI=1S/C11H9Cl2N3OS/c1-6(17)7-3-8(12)10(9(13)4-7)16-11(18-2)15-5-14/h3-4H,1-2H3,(H,15,16). The van der Waals surface area contributed by atoms with Crippen molar-refractivity contribution < 1.29 is 4.79 Å². The van der Waals surface area contributed by atoms with Crippen LogP contribution >= 0.6 is 35.0 Å². The monoisotopic (exact) mass is 301 g/mol. The highest BCUT2D eigenvalue weighted by molar-refractivity contribution is 8.13. The fraction of sp³-hybridized carbons (Fsp3) is 0.182. The molecule has 0 fully saturated rings. The molecule has 0 aliphatic heterocycles. The van der Waals surface area contributed by atoms with E-state index in [-0.39, 0.29) is 15.8 Å². The predicted octanol–water partition coefficient (Wildman–Crippen LogP) is 3.62. The largest absolute Gasteiger partial charge is 0.295 e. The zero-order valence-electron chi connectivity index (χ0n) is 9.62. The van der Waals surface area contributed by atoms with Crippen molar-refractivity contribution in [2.75, 3.05) is 6.26 Å². The Labute approximate surface area is 119 Å². The van der Waals surface area contributed by atoms with Crippen LogP contribution in [0.3, 0.4) is 0 Å². The number of ketones is 1. The van der Waals surface area contributed by atoms with Crippen LogP contribution in [0, 0.1) is 11.5 Å². The molecule has 1 rings (SSSR count). The summed E-state index contributed by atoms with van der Waals surface area (Å²) in [6.45, 7) is 1.43. The molecule has 0 spiro atoms. The van der Waals surface area contributed by atoms with Gasteiger partial charge in [-0.05, 0) is 25.3 Å². The molecule has 0 heterocycles. The van der Waals surface area contributed by atoms with E-state index in [0.29, 0.717) is 16.4 Å². The van der Waals surface area contributed by atoms with Crippen molar-refractivity contribution in [1.29, 1.82) is 5.26 Å². The summed E-state index contributed by atoms with van der Waals surface area (Å²) >= 11 is 13.3. The first-order valence-corrected chi connectivity index (χ1v) is 6.75. The molecule has 0 radical (unpaired) electrons. The predicted molar refractivity (Wildman–Crippen MR) is 75.8 cm³/mol. The number of carbonyl (C=O) groups excluding carboxylic acids is 1. The van der Waals surface area contributed by atoms with Crippen LogP contribution in [0.15, 0.2) is 17.1 Å². The number of nitrogens with zero attached hydrogens (tertiary/aromatic N) is 2. The molecular formula is C11H9Cl2N3OS. The molecule has 0 atom stereocenters. The van der Waals surface area contributed by atoms with Gasteiger partial charge in [0.25, 0.3) is 0 Å². The highest BCUT2D eigenvalue weighted by Crippen LogP contribution is 2.35. The number of nitriles is 1. The lowest BCUT2D eigenvalue weighted by molar-refractivity contribution is 0.101. The van der Waals surface area contributed by atoms with Crippen LogP contribution in [0.25, 0.3) is 0 Å². The van der Waals surface area contributed by atoms with Gasteiger partial charge in [0, 0.05) is 5.56 Å². The first-order valence-electron chi connectivity index (χ1n) is 4.77. The van der Waals surface area contributed by atoms with Crippen LogP contribution in [0.2, 0.25) is 10.0 Å². The third-order valence-corrected chi connectivity index (χ3v) is 3.15. The minimum atomic E-state index is -0.130. The lowest BCUT2D eigenvalue weighted by Crippen LogP contribution is -2.12. The van der Waals surface area contributed by atoms with E-state index in [1.54, 1.807) is 12.4 Å². The zero-order chi connectivity index (χ0) is 13.7. The molecule has 0 aliphatic rings. The minimum Gasteiger partial charge on any atom is -0.295 e. The summed E-state index contributed by atoms with van der Waals surface area (Å²) in [5, 5.41) is 11.8. The highest BCUT2D eigenvalue weighted by atomic mass is 35.5. The smallest absolute Gasteiger partial charge is 0.183 e. The van der Waals surface area contributed by atoms with Gasteiger partial charge in [0.2, 0.25) is 0 Å². The van der Waals surface area contributed by atoms with Gasteiger partial charge in [-0.1, -0.05) is 35.0 Å². The zero-order valence-corrected chi connectivity index (χ0v) is 11.9. The number of amidine groups is 1. The van der Waals surface area contributed by atoms with E-state index >= 15 is 0 Å². The number of rotatable bonds is 2. The van der Waals surface area contributed by atoms with Crippen molar-refractivity contribution in [3.63, 3.8) is 0 Å². The molecule has 18 heavy (non-hydrogen) atoms. The molecule has 94 valence electrons. The summed E-state index contributed by atoms with van der Waals surface area (Å²) in [6.07, 6.45) is 3.52. The van der Waals surface area contributed by atoms with E-state index in [1.807, 2.05) is 0 Å². The van der Waals surface area contributed by atoms with Crippen molar-refractivity contribution in [1.82, 2.24) is 5.32 Å². The van der Waals surface area contributed by atoms with E-state index in [2.05, 4.69) is 10.3 Å². The second-order valence-electron chi connectivity index (χ2n) is 3.20. The maximum Gasteiger partial charge on any atom is 0.183 e. The topological polar surface area (TPSA) is 65.2 Å².